The number of hydrogen-bond donors (Lipinski definition) is 1. The summed E-state index contributed by atoms with van der Waals surface area (Å²) in [6.45, 7) is 6.87. The van der Waals surface area contributed by atoms with E-state index in [1.54, 1.807) is 0 Å². The number of hydrogen-bond acceptors (Lipinski definition) is 5. The second kappa shape index (κ2) is 7.13. The third kappa shape index (κ3) is 3.43. The first-order valence-electron chi connectivity index (χ1n) is 8.63. The zero-order valence-electron chi connectivity index (χ0n) is 14.4. The number of aromatic nitrogens is 3. The monoisotopic (exact) mass is 351 g/mol. The van der Waals surface area contributed by atoms with Crippen LogP contribution < -0.4 is 0 Å². The molecule has 1 spiro atoms. The molecule has 3 rings (SSSR count). The molecule has 0 bridgehead atoms. The van der Waals surface area contributed by atoms with Crippen LogP contribution in [0.5, 0.6) is 0 Å². The number of nitrogens with zero attached hydrogens (tertiary/aromatic N) is 4. The van der Waals surface area contributed by atoms with Gasteiger partial charge in [0.15, 0.2) is 0 Å². The summed E-state index contributed by atoms with van der Waals surface area (Å²) in [7, 11) is 0. The smallest absolute Gasteiger partial charge is 0.233 e. The fraction of sp³-hybridized carbons (Fsp3) is 0.750. The second-order valence-corrected chi connectivity index (χ2v) is 7.68. The number of carbonyl (C=O) groups is 2. The van der Waals surface area contributed by atoms with E-state index in [1.807, 2.05) is 16.7 Å². The zero-order chi connectivity index (χ0) is 17.2. The summed E-state index contributed by atoms with van der Waals surface area (Å²) < 4.78 is 0. The number of rotatable bonds is 5. The largest absolute Gasteiger partial charge is 0.342 e. The molecule has 2 aliphatic heterocycles. The van der Waals surface area contributed by atoms with Gasteiger partial charge < -0.3 is 9.80 Å². The Morgan fingerprint density at radius 2 is 2.21 bits per heavy atom. The number of carbonyl (C=O) groups excluding carboxylic acids is 2. The first-order valence-corrected chi connectivity index (χ1v) is 9.61. The predicted molar refractivity (Wildman–Crippen MR) is 91.6 cm³/mol. The number of amides is 2. The van der Waals surface area contributed by atoms with Gasteiger partial charge in [-0.3, -0.25) is 14.7 Å². The first-order chi connectivity index (χ1) is 11.5. The van der Waals surface area contributed by atoms with Gasteiger partial charge >= 0.3 is 0 Å². The first kappa shape index (κ1) is 17.3. The molecule has 7 nitrogen and oxygen atoms in total. The van der Waals surface area contributed by atoms with Gasteiger partial charge in [-0.2, -0.15) is 0 Å². The van der Waals surface area contributed by atoms with E-state index in [-0.39, 0.29) is 17.2 Å². The Morgan fingerprint density at radius 1 is 1.38 bits per heavy atom. The Bertz CT molecular complexity index is 617. The Morgan fingerprint density at radius 3 is 2.92 bits per heavy atom. The van der Waals surface area contributed by atoms with Crippen LogP contribution in [-0.2, 0) is 9.59 Å². The minimum Gasteiger partial charge on any atom is -0.342 e. The van der Waals surface area contributed by atoms with Gasteiger partial charge in [0.25, 0.3) is 0 Å². The maximum absolute atomic E-state index is 12.8. The zero-order valence-corrected chi connectivity index (χ0v) is 15.2. The maximum atomic E-state index is 12.8. The molecule has 0 aliphatic carbocycles. The fourth-order valence-corrected chi connectivity index (χ4v) is 4.45. The number of aromatic amines is 1. The molecule has 0 saturated carbocycles. The lowest BCUT2D eigenvalue weighted by Crippen LogP contribution is -2.50. The molecule has 0 aromatic carbocycles. The number of H-pyrrole nitrogens is 1. The molecule has 2 fully saturated rings. The van der Waals surface area contributed by atoms with E-state index in [1.165, 1.54) is 11.8 Å². The van der Waals surface area contributed by atoms with Crippen molar-refractivity contribution in [2.45, 2.75) is 44.7 Å². The third-order valence-electron chi connectivity index (χ3n) is 4.93. The van der Waals surface area contributed by atoms with Crippen LogP contribution >= 0.6 is 11.8 Å². The van der Waals surface area contributed by atoms with Gasteiger partial charge in [0.05, 0.1) is 11.2 Å². The maximum Gasteiger partial charge on any atom is 0.233 e. The van der Waals surface area contributed by atoms with Crippen molar-refractivity contribution in [2.24, 2.45) is 5.41 Å². The summed E-state index contributed by atoms with van der Waals surface area (Å²) in [5.74, 6) is 1.39. The standard InChI is InChI=1S/C16H25N5O2S/c1-3-7-20-8-4-5-16(14(20)23)6-9-21(11-16)13(22)10-24-15-17-12(2)18-19-15/h3-11H2,1-2H3,(H,17,18,19). The molecule has 3 heterocycles. The average molecular weight is 351 g/mol. The average Bonchev–Trinajstić information content (AvgIpc) is 3.17. The molecule has 2 amide bonds. The van der Waals surface area contributed by atoms with Crippen molar-refractivity contribution in [3.63, 3.8) is 0 Å². The van der Waals surface area contributed by atoms with Gasteiger partial charge in [-0.15, -0.1) is 5.10 Å². The van der Waals surface area contributed by atoms with Crippen LogP contribution in [-0.4, -0.2) is 68.7 Å². The lowest BCUT2D eigenvalue weighted by atomic mass is 9.78. The normalized spacial score (nSPS) is 24.2. The highest BCUT2D eigenvalue weighted by Gasteiger charge is 2.49. The van der Waals surface area contributed by atoms with E-state index < -0.39 is 0 Å². The topological polar surface area (TPSA) is 82.2 Å². The van der Waals surface area contributed by atoms with Gasteiger partial charge in [0, 0.05) is 26.2 Å². The van der Waals surface area contributed by atoms with E-state index >= 15 is 0 Å². The van der Waals surface area contributed by atoms with E-state index in [0.29, 0.717) is 24.0 Å². The number of likely N-dealkylation sites (tertiary alicyclic amines) is 2. The van der Waals surface area contributed by atoms with Crippen LogP contribution in [0.3, 0.4) is 0 Å². The fourth-order valence-electron chi connectivity index (χ4n) is 3.70. The van der Waals surface area contributed by atoms with Crippen molar-refractivity contribution < 1.29 is 9.59 Å². The van der Waals surface area contributed by atoms with Crippen molar-refractivity contribution in [1.29, 1.82) is 0 Å². The van der Waals surface area contributed by atoms with E-state index in [0.717, 1.165) is 44.6 Å². The number of thioether (sulfide) groups is 1. The number of nitrogens with one attached hydrogen (secondary N) is 1. The van der Waals surface area contributed by atoms with Crippen molar-refractivity contribution in [3.8, 4) is 0 Å². The highest BCUT2D eigenvalue weighted by molar-refractivity contribution is 7.99. The minimum atomic E-state index is -0.338. The summed E-state index contributed by atoms with van der Waals surface area (Å²) in [5, 5.41) is 7.40. The van der Waals surface area contributed by atoms with E-state index in [4.69, 9.17) is 0 Å². The van der Waals surface area contributed by atoms with Crippen molar-refractivity contribution in [1.82, 2.24) is 25.0 Å². The van der Waals surface area contributed by atoms with E-state index in [2.05, 4.69) is 22.1 Å². The van der Waals surface area contributed by atoms with Crippen LogP contribution in [0.2, 0.25) is 0 Å². The minimum absolute atomic E-state index is 0.0692. The lowest BCUT2D eigenvalue weighted by Gasteiger charge is -2.39. The Balaban J connectivity index is 1.57. The number of aryl methyl sites for hydroxylation is 1. The molecule has 132 valence electrons. The molecule has 2 aliphatic rings. The Labute approximate surface area is 146 Å². The molecule has 1 unspecified atom stereocenters. The van der Waals surface area contributed by atoms with Crippen LogP contribution in [0.4, 0.5) is 0 Å². The Kier molecular flexibility index (Phi) is 5.12. The summed E-state index contributed by atoms with van der Waals surface area (Å²) in [4.78, 5) is 33.4. The summed E-state index contributed by atoms with van der Waals surface area (Å²) in [6, 6.07) is 0. The molecule has 24 heavy (non-hydrogen) atoms. The SMILES string of the molecule is CCCN1CCCC2(CCN(C(=O)CSc3n[nH]c(C)n3)C2)C1=O. The molecule has 1 aromatic heterocycles. The van der Waals surface area contributed by atoms with Gasteiger partial charge in [-0.25, -0.2) is 4.98 Å². The molecule has 1 N–H and O–H groups in total. The molecular weight excluding hydrogens is 326 g/mol. The number of piperidine rings is 1. The summed E-state index contributed by atoms with van der Waals surface area (Å²) in [6.07, 6.45) is 3.72. The highest BCUT2D eigenvalue weighted by atomic mass is 32.2. The summed E-state index contributed by atoms with van der Waals surface area (Å²) in [5.41, 5.74) is -0.338. The van der Waals surface area contributed by atoms with Gasteiger partial charge in [-0.05, 0) is 32.6 Å². The van der Waals surface area contributed by atoms with Crippen LogP contribution in [0.25, 0.3) is 0 Å². The molecule has 2 saturated heterocycles. The van der Waals surface area contributed by atoms with Gasteiger partial charge in [0.2, 0.25) is 17.0 Å². The van der Waals surface area contributed by atoms with Gasteiger partial charge in [-0.1, -0.05) is 18.7 Å². The predicted octanol–water partition coefficient (Wildman–Crippen LogP) is 1.46. The third-order valence-corrected chi connectivity index (χ3v) is 5.76. The van der Waals surface area contributed by atoms with Crippen LogP contribution in [0.1, 0.15) is 38.4 Å². The van der Waals surface area contributed by atoms with Crippen molar-refractivity contribution in [2.75, 3.05) is 31.9 Å². The molecule has 0 radical (unpaired) electrons. The van der Waals surface area contributed by atoms with Crippen LogP contribution in [0, 0.1) is 12.3 Å². The molecule has 1 aromatic rings. The molecule has 1 atom stereocenters. The van der Waals surface area contributed by atoms with Crippen molar-refractivity contribution >= 4 is 23.6 Å². The lowest BCUT2D eigenvalue weighted by molar-refractivity contribution is -0.146. The quantitative estimate of drug-likeness (QED) is 0.812. The van der Waals surface area contributed by atoms with Crippen molar-refractivity contribution in [3.05, 3.63) is 5.82 Å². The molecule has 8 heteroatoms. The summed E-state index contributed by atoms with van der Waals surface area (Å²) >= 11 is 1.34. The van der Waals surface area contributed by atoms with Gasteiger partial charge in [0.1, 0.15) is 5.82 Å². The van der Waals surface area contributed by atoms with E-state index in [9.17, 15) is 9.59 Å². The highest BCUT2D eigenvalue weighted by Crippen LogP contribution is 2.40. The van der Waals surface area contributed by atoms with Crippen LogP contribution in [0.15, 0.2) is 5.16 Å². The second-order valence-electron chi connectivity index (χ2n) is 6.73. The molecular formula is C16H25N5O2S. The Hall–Kier alpha value is -1.57.